The van der Waals surface area contributed by atoms with E-state index in [1.54, 1.807) is 16.8 Å². The molecule has 126 valence electrons. The average Bonchev–Trinajstić information content (AvgIpc) is 2.51. The van der Waals surface area contributed by atoms with E-state index in [0.717, 1.165) is 12.0 Å². The summed E-state index contributed by atoms with van der Waals surface area (Å²) in [6, 6.07) is 7.56. The molecule has 1 fully saturated rings. The van der Waals surface area contributed by atoms with Crippen molar-refractivity contribution in [2.45, 2.75) is 32.7 Å². The highest BCUT2D eigenvalue weighted by atomic mass is 35.5. The third kappa shape index (κ3) is 3.86. The van der Waals surface area contributed by atoms with Gasteiger partial charge in [0, 0.05) is 38.0 Å². The minimum Gasteiger partial charge on any atom is -0.346 e. The maximum absolute atomic E-state index is 12.9. The summed E-state index contributed by atoms with van der Waals surface area (Å²) in [5, 5.41) is 0.672. The SMILES string of the molecule is CC(C)C(c1ccccc1Cl)N(C)C(=O)C1CCN(C)C(=O)C1. The molecule has 2 unspecified atom stereocenters. The van der Waals surface area contributed by atoms with E-state index in [2.05, 4.69) is 13.8 Å². The number of carbonyl (C=O) groups excluding carboxylic acids is 2. The number of piperidine rings is 1. The van der Waals surface area contributed by atoms with Crippen molar-refractivity contribution in [3.05, 3.63) is 34.9 Å². The zero-order chi connectivity index (χ0) is 17.1. The lowest BCUT2D eigenvalue weighted by atomic mass is 9.90. The molecule has 2 atom stereocenters. The van der Waals surface area contributed by atoms with Crippen LogP contribution in [0.4, 0.5) is 0 Å². The molecule has 2 amide bonds. The lowest BCUT2D eigenvalue weighted by Crippen LogP contribution is -2.44. The molecular formula is C18H25ClN2O2. The molecule has 1 aliphatic heterocycles. The number of hydrogen-bond donors (Lipinski definition) is 0. The average molecular weight is 337 g/mol. The van der Waals surface area contributed by atoms with Crippen LogP contribution >= 0.6 is 11.6 Å². The quantitative estimate of drug-likeness (QED) is 0.845. The van der Waals surface area contributed by atoms with Crippen LogP contribution in [0, 0.1) is 11.8 Å². The second-order valence-corrected chi connectivity index (χ2v) is 7.07. The summed E-state index contributed by atoms with van der Waals surface area (Å²) in [5.41, 5.74) is 0.958. The number of carbonyl (C=O) groups is 2. The molecule has 0 radical (unpaired) electrons. The molecule has 2 rings (SSSR count). The number of benzene rings is 1. The van der Waals surface area contributed by atoms with Crippen LogP contribution in [0.3, 0.4) is 0 Å². The summed E-state index contributed by atoms with van der Waals surface area (Å²) in [6.45, 7) is 4.80. The molecule has 1 aromatic rings. The lowest BCUT2D eigenvalue weighted by Gasteiger charge is -2.36. The van der Waals surface area contributed by atoms with Crippen LogP contribution in [-0.2, 0) is 9.59 Å². The summed E-state index contributed by atoms with van der Waals surface area (Å²) >= 11 is 6.34. The molecule has 1 aromatic carbocycles. The molecule has 0 aromatic heterocycles. The van der Waals surface area contributed by atoms with Gasteiger partial charge in [-0.15, -0.1) is 0 Å². The van der Waals surface area contributed by atoms with Gasteiger partial charge in [0.15, 0.2) is 0 Å². The Bertz CT molecular complexity index is 588. The van der Waals surface area contributed by atoms with Gasteiger partial charge < -0.3 is 9.80 Å². The van der Waals surface area contributed by atoms with Crippen molar-refractivity contribution in [1.29, 1.82) is 0 Å². The highest BCUT2D eigenvalue weighted by Crippen LogP contribution is 2.34. The molecule has 1 heterocycles. The highest BCUT2D eigenvalue weighted by Gasteiger charge is 2.34. The van der Waals surface area contributed by atoms with Gasteiger partial charge in [-0.3, -0.25) is 9.59 Å². The van der Waals surface area contributed by atoms with Gasteiger partial charge in [-0.1, -0.05) is 43.6 Å². The third-order valence-corrected chi connectivity index (χ3v) is 4.97. The first kappa shape index (κ1) is 17.8. The van der Waals surface area contributed by atoms with Crippen LogP contribution in [0.25, 0.3) is 0 Å². The molecule has 4 nitrogen and oxygen atoms in total. The van der Waals surface area contributed by atoms with Crippen molar-refractivity contribution in [3.8, 4) is 0 Å². The fourth-order valence-electron chi connectivity index (χ4n) is 3.31. The Balaban J connectivity index is 2.21. The van der Waals surface area contributed by atoms with E-state index in [9.17, 15) is 9.59 Å². The minimum absolute atomic E-state index is 0.0325. The number of likely N-dealkylation sites (tertiary alicyclic amines) is 1. The summed E-state index contributed by atoms with van der Waals surface area (Å²) in [7, 11) is 3.60. The molecule has 0 aliphatic carbocycles. The summed E-state index contributed by atoms with van der Waals surface area (Å²) in [6.07, 6.45) is 1.02. The van der Waals surface area contributed by atoms with E-state index in [-0.39, 0.29) is 29.7 Å². The number of hydrogen-bond acceptors (Lipinski definition) is 2. The molecule has 1 saturated heterocycles. The van der Waals surface area contributed by atoms with Gasteiger partial charge in [0.25, 0.3) is 0 Å². The van der Waals surface area contributed by atoms with E-state index < -0.39 is 0 Å². The lowest BCUT2D eigenvalue weighted by molar-refractivity contribution is -0.145. The zero-order valence-corrected chi connectivity index (χ0v) is 15.0. The van der Waals surface area contributed by atoms with E-state index in [0.29, 0.717) is 18.0 Å². The van der Waals surface area contributed by atoms with E-state index >= 15 is 0 Å². The smallest absolute Gasteiger partial charge is 0.226 e. The number of nitrogens with zero attached hydrogens (tertiary/aromatic N) is 2. The Morgan fingerprint density at radius 2 is 2.00 bits per heavy atom. The Labute approximate surface area is 143 Å². The molecule has 1 aliphatic rings. The fraction of sp³-hybridized carbons (Fsp3) is 0.556. The monoisotopic (exact) mass is 336 g/mol. The van der Waals surface area contributed by atoms with Crippen LogP contribution in [0.5, 0.6) is 0 Å². The number of halogens is 1. The van der Waals surface area contributed by atoms with Gasteiger partial charge in [-0.05, 0) is 24.0 Å². The molecule has 0 spiro atoms. The number of amides is 2. The Hall–Kier alpha value is -1.55. The van der Waals surface area contributed by atoms with Gasteiger partial charge in [0.05, 0.1) is 6.04 Å². The van der Waals surface area contributed by atoms with Crippen molar-refractivity contribution in [3.63, 3.8) is 0 Å². The molecule has 5 heteroatoms. The fourth-order valence-corrected chi connectivity index (χ4v) is 3.56. The standard InChI is InChI=1S/C18H25ClN2O2/c1-12(2)17(14-7-5-6-8-15(14)19)21(4)18(23)13-9-10-20(3)16(22)11-13/h5-8,12-13,17H,9-11H2,1-4H3. The molecule has 0 bridgehead atoms. The summed E-state index contributed by atoms with van der Waals surface area (Å²) < 4.78 is 0. The van der Waals surface area contributed by atoms with Gasteiger partial charge in [0.2, 0.25) is 11.8 Å². The maximum atomic E-state index is 12.9. The van der Waals surface area contributed by atoms with Gasteiger partial charge >= 0.3 is 0 Å². The van der Waals surface area contributed by atoms with Crippen LogP contribution in [0.1, 0.15) is 38.3 Å². The van der Waals surface area contributed by atoms with Gasteiger partial charge in [-0.25, -0.2) is 0 Å². The first-order chi connectivity index (χ1) is 10.8. The third-order valence-electron chi connectivity index (χ3n) is 4.63. The van der Waals surface area contributed by atoms with E-state index in [1.807, 2.05) is 31.3 Å². The van der Waals surface area contributed by atoms with Crippen LogP contribution in [0.15, 0.2) is 24.3 Å². The second kappa shape index (κ2) is 7.35. The predicted molar refractivity (Wildman–Crippen MR) is 92.2 cm³/mol. The van der Waals surface area contributed by atoms with Gasteiger partial charge in [-0.2, -0.15) is 0 Å². The maximum Gasteiger partial charge on any atom is 0.226 e. The Morgan fingerprint density at radius 1 is 1.35 bits per heavy atom. The highest BCUT2D eigenvalue weighted by molar-refractivity contribution is 6.31. The summed E-state index contributed by atoms with van der Waals surface area (Å²) in [4.78, 5) is 28.3. The minimum atomic E-state index is -0.229. The van der Waals surface area contributed by atoms with E-state index in [4.69, 9.17) is 11.6 Å². The first-order valence-electron chi connectivity index (χ1n) is 8.08. The van der Waals surface area contributed by atoms with Crippen LogP contribution < -0.4 is 0 Å². The largest absolute Gasteiger partial charge is 0.346 e. The van der Waals surface area contributed by atoms with Crippen molar-refractivity contribution in [2.75, 3.05) is 20.6 Å². The normalized spacial score (nSPS) is 19.8. The molecule has 0 N–H and O–H groups in total. The van der Waals surface area contributed by atoms with Crippen molar-refractivity contribution >= 4 is 23.4 Å². The van der Waals surface area contributed by atoms with E-state index in [1.165, 1.54) is 0 Å². The summed E-state index contributed by atoms with van der Waals surface area (Å²) in [5.74, 6) is 0.0742. The van der Waals surface area contributed by atoms with Crippen LogP contribution in [0.2, 0.25) is 5.02 Å². The molecule has 23 heavy (non-hydrogen) atoms. The topological polar surface area (TPSA) is 40.6 Å². The van der Waals surface area contributed by atoms with Crippen molar-refractivity contribution < 1.29 is 9.59 Å². The zero-order valence-electron chi connectivity index (χ0n) is 14.3. The molecular weight excluding hydrogens is 312 g/mol. The Kier molecular flexibility index (Phi) is 5.69. The number of rotatable bonds is 4. The van der Waals surface area contributed by atoms with Crippen LogP contribution in [-0.4, -0.2) is 42.3 Å². The molecule has 0 saturated carbocycles. The second-order valence-electron chi connectivity index (χ2n) is 6.66. The Morgan fingerprint density at radius 3 is 2.57 bits per heavy atom. The van der Waals surface area contributed by atoms with Crippen molar-refractivity contribution in [2.24, 2.45) is 11.8 Å². The van der Waals surface area contributed by atoms with Gasteiger partial charge in [0.1, 0.15) is 0 Å². The van der Waals surface area contributed by atoms with Crippen molar-refractivity contribution in [1.82, 2.24) is 9.80 Å². The first-order valence-corrected chi connectivity index (χ1v) is 8.45. The predicted octanol–water partition coefficient (Wildman–Crippen LogP) is 3.36.